The molecule has 2 rings (SSSR count). The molecule has 0 heterocycles. The number of ketones is 1. The number of hydrogen-bond donors (Lipinski definition) is 2. The van der Waals surface area contributed by atoms with Crippen LogP contribution in [0.5, 0.6) is 5.75 Å². The number of carbonyl (C=O) groups excluding carboxylic acids is 1. The van der Waals surface area contributed by atoms with Gasteiger partial charge in [-0.1, -0.05) is 31.4 Å². The summed E-state index contributed by atoms with van der Waals surface area (Å²) in [6.07, 6.45) is 6.11. The van der Waals surface area contributed by atoms with E-state index in [9.17, 15) is 9.90 Å². The van der Waals surface area contributed by atoms with Crippen LogP contribution in [0.2, 0.25) is 0 Å². The van der Waals surface area contributed by atoms with Gasteiger partial charge in [-0.25, -0.2) is 0 Å². The van der Waals surface area contributed by atoms with E-state index < -0.39 is 6.10 Å². The van der Waals surface area contributed by atoms with Gasteiger partial charge in [0.25, 0.3) is 0 Å². The molecule has 0 radical (unpaired) electrons. The summed E-state index contributed by atoms with van der Waals surface area (Å²) in [5.41, 5.74) is 0.627. The maximum Gasteiger partial charge on any atom is 0.159 e. The van der Waals surface area contributed by atoms with Crippen molar-refractivity contribution in [1.82, 2.24) is 5.32 Å². The molecule has 1 saturated carbocycles. The van der Waals surface area contributed by atoms with E-state index in [1.165, 1.54) is 39.0 Å². The Morgan fingerprint density at radius 1 is 1.36 bits per heavy atom. The van der Waals surface area contributed by atoms with Crippen LogP contribution in [-0.4, -0.2) is 36.7 Å². The highest BCUT2D eigenvalue weighted by atomic mass is 16.5. The Hall–Kier alpha value is -1.39. The lowest BCUT2D eigenvalue weighted by atomic mass is 9.89. The number of Topliss-reactive ketones (excluding diaryl/α,β-unsaturated/α-hetero) is 1. The maximum absolute atomic E-state index is 11.3. The summed E-state index contributed by atoms with van der Waals surface area (Å²) in [6, 6.07) is 7.07. The summed E-state index contributed by atoms with van der Waals surface area (Å²) in [5.74, 6) is 1.40. The average molecular weight is 305 g/mol. The van der Waals surface area contributed by atoms with Gasteiger partial charge in [0.2, 0.25) is 0 Å². The fourth-order valence-corrected chi connectivity index (χ4v) is 2.90. The van der Waals surface area contributed by atoms with Crippen LogP contribution in [0.4, 0.5) is 0 Å². The van der Waals surface area contributed by atoms with Crippen LogP contribution in [0.3, 0.4) is 0 Å². The molecule has 122 valence electrons. The second kappa shape index (κ2) is 8.91. The molecule has 0 saturated heterocycles. The van der Waals surface area contributed by atoms with Gasteiger partial charge in [0.1, 0.15) is 18.5 Å². The zero-order valence-electron chi connectivity index (χ0n) is 13.4. The van der Waals surface area contributed by atoms with Crippen molar-refractivity contribution in [1.29, 1.82) is 0 Å². The summed E-state index contributed by atoms with van der Waals surface area (Å²) < 4.78 is 5.56. The molecular formula is C18H27NO3. The van der Waals surface area contributed by atoms with E-state index in [1.807, 2.05) is 0 Å². The molecule has 0 amide bonds. The van der Waals surface area contributed by atoms with Gasteiger partial charge in [-0.05, 0) is 44.4 Å². The van der Waals surface area contributed by atoms with Gasteiger partial charge >= 0.3 is 0 Å². The first kappa shape index (κ1) is 17.0. The molecule has 1 aromatic rings. The zero-order chi connectivity index (χ0) is 15.8. The predicted octanol–water partition coefficient (Wildman–Crippen LogP) is 2.80. The number of benzene rings is 1. The first-order valence-electron chi connectivity index (χ1n) is 8.27. The number of carbonyl (C=O) groups is 1. The average Bonchev–Trinajstić information content (AvgIpc) is 2.54. The first-order valence-corrected chi connectivity index (χ1v) is 8.27. The van der Waals surface area contributed by atoms with Gasteiger partial charge in [0.05, 0.1) is 0 Å². The van der Waals surface area contributed by atoms with Crippen LogP contribution >= 0.6 is 0 Å². The van der Waals surface area contributed by atoms with Crippen LogP contribution in [0.25, 0.3) is 0 Å². The van der Waals surface area contributed by atoms with Crippen LogP contribution in [0.15, 0.2) is 24.3 Å². The van der Waals surface area contributed by atoms with E-state index in [-0.39, 0.29) is 12.4 Å². The summed E-state index contributed by atoms with van der Waals surface area (Å²) in [7, 11) is 0. The Kier molecular flexibility index (Phi) is 6.87. The highest BCUT2D eigenvalue weighted by Gasteiger charge is 2.13. The smallest absolute Gasteiger partial charge is 0.159 e. The van der Waals surface area contributed by atoms with Crippen molar-refractivity contribution >= 4 is 5.78 Å². The van der Waals surface area contributed by atoms with Gasteiger partial charge < -0.3 is 15.2 Å². The van der Waals surface area contributed by atoms with Gasteiger partial charge in [-0.3, -0.25) is 4.79 Å². The van der Waals surface area contributed by atoms with Crippen molar-refractivity contribution in [2.45, 2.75) is 45.1 Å². The molecule has 22 heavy (non-hydrogen) atoms. The summed E-state index contributed by atoms with van der Waals surface area (Å²) in [6.45, 7) is 3.29. The van der Waals surface area contributed by atoms with Crippen molar-refractivity contribution in [3.05, 3.63) is 29.8 Å². The molecular weight excluding hydrogens is 278 g/mol. The Balaban J connectivity index is 1.65. The summed E-state index contributed by atoms with van der Waals surface area (Å²) >= 11 is 0. The summed E-state index contributed by atoms with van der Waals surface area (Å²) in [5, 5.41) is 13.3. The molecule has 0 bridgehead atoms. The molecule has 0 aromatic heterocycles. The quantitative estimate of drug-likeness (QED) is 0.725. The topological polar surface area (TPSA) is 58.6 Å². The van der Waals surface area contributed by atoms with Crippen LogP contribution in [0.1, 0.15) is 49.4 Å². The standard InChI is InChI=1S/C18H27NO3/c1-14(20)16-8-5-9-18(10-16)22-13-17(21)12-19-11-15-6-3-2-4-7-15/h5,8-10,15,17,19,21H,2-4,6-7,11-13H2,1H3/t17-/m1/s1. The lowest BCUT2D eigenvalue weighted by molar-refractivity contribution is 0.101. The van der Waals surface area contributed by atoms with Crippen molar-refractivity contribution in [3.8, 4) is 5.75 Å². The van der Waals surface area contributed by atoms with Gasteiger partial charge in [0, 0.05) is 12.1 Å². The molecule has 1 aliphatic carbocycles. The molecule has 4 nitrogen and oxygen atoms in total. The molecule has 4 heteroatoms. The molecule has 0 unspecified atom stereocenters. The van der Waals surface area contributed by atoms with Crippen LogP contribution in [0, 0.1) is 5.92 Å². The van der Waals surface area contributed by atoms with E-state index in [0.29, 0.717) is 17.9 Å². The molecule has 0 aliphatic heterocycles. The monoisotopic (exact) mass is 305 g/mol. The number of nitrogens with one attached hydrogen (secondary N) is 1. The third kappa shape index (κ3) is 5.78. The van der Waals surface area contributed by atoms with Crippen molar-refractivity contribution < 1.29 is 14.6 Å². The van der Waals surface area contributed by atoms with E-state index in [0.717, 1.165) is 12.5 Å². The molecule has 2 N–H and O–H groups in total. The minimum absolute atomic E-state index is 0.0140. The number of hydrogen-bond acceptors (Lipinski definition) is 4. The van der Waals surface area contributed by atoms with Gasteiger partial charge in [-0.15, -0.1) is 0 Å². The van der Waals surface area contributed by atoms with E-state index in [1.54, 1.807) is 24.3 Å². The highest BCUT2D eigenvalue weighted by Crippen LogP contribution is 2.22. The number of aliphatic hydroxyl groups is 1. The van der Waals surface area contributed by atoms with Crippen molar-refractivity contribution in [2.75, 3.05) is 19.7 Å². The molecule has 1 aliphatic rings. The predicted molar refractivity (Wildman–Crippen MR) is 87.4 cm³/mol. The summed E-state index contributed by atoms with van der Waals surface area (Å²) in [4.78, 5) is 11.3. The largest absolute Gasteiger partial charge is 0.491 e. The van der Waals surface area contributed by atoms with E-state index >= 15 is 0 Å². The maximum atomic E-state index is 11.3. The lowest BCUT2D eigenvalue weighted by Gasteiger charge is -2.22. The molecule has 1 fully saturated rings. The third-order valence-corrected chi connectivity index (χ3v) is 4.22. The van der Waals surface area contributed by atoms with Crippen LogP contribution < -0.4 is 10.1 Å². The zero-order valence-corrected chi connectivity index (χ0v) is 13.4. The van der Waals surface area contributed by atoms with E-state index in [2.05, 4.69) is 5.32 Å². The highest BCUT2D eigenvalue weighted by molar-refractivity contribution is 5.94. The Bertz CT molecular complexity index is 469. The van der Waals surface area contributed by atoms with Crippen LogP contribution in [-0.2, 0) is 0 Å². The number of ether oxygens (including phenoxy) is 1. The molecule has 1 atom stereocenters. The van der Waals surface area contributed by atoms with Gasteiger partial charge in [-0.2, -0.15) is 0 Å². The van der Waals surface area contributed by atoms with E-state index in [4.69, 9.17) is 4.74 Å². The Labute approximate surface area is 132 Å². The SMILES string of the molecule is CC(=O)c1cccc(OC[C@H](O)CNCC2CCCCC2)c1. The molecule has 0 spiro atoms. The third-order valence-electron chi connectivity index (χ3n) is 4.22. The van der Waals surface area contributed by atoms with Gasteiger partial charge in [0.15, 0.2) is 5.78 Å². The Morgan fingerprint density at radius 2 is 2.14 bits per heavy atom. The number of aliphatic hydroxyl groups excluding tert-OH is 1. The lowest BCUT2D eigenvalue weighted by Crippen LogP contribution is -2.34. The second-order valence-electron chi connectivity index (χ2n) is 6.21. The normalized spacial score (nSPS) is 17.2. The fraction of sp³-hybridized carbons (Fsp3) is 0.611. The number of rotatable bonds is 8. The minimum Gasteiger partial charge on any atom is -0.491 e. The fourth-order valence-electron chi connectivity index (χ4n) is 2.90. The Morgan fingerprint density at radius 3 is 2.86 bits per heavy atom. The first-order chi connectivity index (χ1) is 10.6. The van der Waals surface area contributed by atoms with Crippen molar-refractivity contribution in [2.24, 2.45) is 5.92 Å². The van der Waals surface area contributed by atoms with Crippen molar-refractivity contribution in [3.63, 3.8) is 0 Å². The second-order valence-corrected chi connectivity index (χ2v) is 6.21. The molecule has 1 aromatic carbocycles. The minimum atomic E-state index is -0.537.